The molecule has 1 atom stereocenters. The van der Waals surface area contributed by atoms with Crippen molar-refractivity contribution in [3.63, 3.8) is 0 Å². The number of aliphatic hydroxyl groups excluding tert-OH is 1. The van der Waals surface area contributed by atoms with Crippen LogP contribution in [0, 0.1) is 20.8 Å². The number of rotatable bonds is 6. The normalized spacial score (nSPS) is 16.6. The summed E-state index contributed by atoms with van der Waals surface area (Å²) in [6, 6.07) is 4.13. The van der Waals surface area contributed by atoms with Gasteiger partial charge in [0.05, 0.1) is 6.61 Å². The van der Waals surface area contributed by atoms with E-state index in [4.69, 9.17) is 9.47 Å². The third-order valence-corrected chi connectivity index (χ3v) is 4.56. The summed E-state index contributed by atoms with van der Waals surface area (Å²) in [4.78, 5) is 15.5. The van der Waals surface area contributed by atoms with E-state index in [0.717, 1.165) is 30.0 Å². The SMILES string of the molecule is CCOC(=O)N1CCN(C[C@@H](O)COc2cc(C)cc(C)c2C)CC1. The zero-order valence-electron chi connectivity index (χ0n) is 15.7. The van der Waals surface area contributed by atoms with E-state index >= 15 is 0 Å². The van der Waals surface area contributed by atoms with Crippen LogP contribution in [0.5, 0.6) is 5.75 Å². The highest BCUT2D eigenvalue weighted by atomic mass is 16.6. The number of ether oxygens (including phenoxy) is 2. The minimum Gasteiger partial charge on any atom is -0.491 e. The van der Waals surface area contributed by atoms with E-state index in [2.05, 4.69) is 17.9 Å². The molecule has 140 valence electrons. The summed E-state index contributed by atoms with van der Waals surface area (Å²) in [6.07, 6.45) is -0.814. The molecule has 0 aliphatic carbocycles. The quantitative estimate of drug-likeness (QED) is 0.852. The fourth-order valence-electron chi connectivity index (χ4n) is 3.02. The number of benzene rings is 1. The van der Waals surface area contributed by atoms with E-state index in [1.54, 1.807) is 4.90 Å². The molecule has 0 spiro atoms. The number of carbonyl (C=O) groups is 1. The van der Waals surface area contributed by atoms with Gasteiger partial charge in [-0.2, -0.15) is 0 Å². The van der Waals surface area contributed by atoms with Crippen LogP contribution < -0.4 is 4.74 Å². The molecule has 1 aliphatic rings. The lowest BCUT2D eigenvalue weighted by Crippen LogP contribution is -2.51. The van der Waals surface area contributed by atoms with Gasteiger partial charge in [0, 0.05) is 32.7 Å². The molecule has 1 fully saturated rings. The standard InChI is InChI=1S/C19H30N2O4/c1-5-24-19(23)21-8-6-20(7-9-21)12-17(22)13-25-18-11-14(2)10-15(3)16(18)4/h10-11,17,22H,5-9,12-13H2,1-4H3/t17-/m1/s1. The molecular weight excluding hydrogens is 320 g/mol. The maximum absolute atomic E-state index is 11.7. The first-order chi connectivity index (χ1) is 11.9. The van der Waals surface area contributed by atoms with Gasteiger partial charge >= 0.3 is 6.09 Å². The van der Waals surface area contributed by atoms with Crippen LogP contribution in [0.3, 0.4) is 0 Å². The number of aliphatic hydroxyl groups is 1. The Hall–Kier alpha value is -1.79. The number of amides is 1. The summed E-state index contributed by atoms with van der Waals surface area (Å²) in [7, 11) is 0. The van der Waals surface area contributed by atoms with Crippen LogP contribution in [0.2, 0.25) is 0 Å². The Morgan fingerprint density at radius 1 is 1.20 bits per heavy atom. The Balaban J connectivity index is 1.76. The average Bonchev–Trinajstić information content (AvgIpc) is 2.57. The molecular formula is C19H30N2O4. The molecule has 2 rings (SSSR count). The molecule has 1 aromatic rings. The first kappa shape index (κ1) is 19.5. The van der Waals surface area contributed by atoms with Crippen molar-refractivity contribution in [3.8, 4) is 5.75 Å². The highest BCUT2D eigenvalue weighted by Gasteiger charge is 2.23. The predicted molar refractivity (Wildman–Crippen MR) is 97.2 cm³/mol. The van der Waals surface area contributed by atoms with Crippen LogP contribution in [-0.2, 0) is 4.74 Å². The van der Waals surface area contributed by atoms with Gasteiger partial charge in [0.25, 0.3) is 0 Å². The first-order valence-electron chi connectivity index (χ1n) is 8.93. The number of β-amino-alcohol motifs (C(OH)–C–C–N with tert-alkyl or cyclic N) is 1. The van der Waals surface area contributed by atoms with Crippen molar-refractivity contribution in [1.29, 1.82) is 0 Å². The van der Waals surface area contributed by atoms with Crippen molar-refractivity contribution in [1.82, 2.24) is 9.80 Å². The summed E-state index contributed by atoms with van der Waals surface area (Å²) in [5, 5.41) is 10.3. The second-order valence-corrected chi connectivity index (χ2v) is 6.66. The van der Waals surface area contributed by atoms with Gasteiger partial charge in [-0.3, -0.25) is 4.90 Å². The molecule has 1 saturated heterocycles. The molecule has 1 aromatic carbocycles. The third kappa shape index (κ3) is 5.61. The summed E-state index contributed by atoms with van der Waals surface area (Å²) >= 11 is 0. The Morgan fingerprint density at radius 3 is 2.52 bits per heavy atom. The zero-order chi connectivity index (χ0) is 18.4. The molecule has 1 N–H and O–H groups in total. The van der Waals surface area contributed by atoms with Crippen molar-refractivity contribution in [3.05, 3.63) is 28.8 Å². The summed E-state index contributed by atoms with van der Waals surface area (Å²) < 4.78 is 10.8. The number of piperazine rings is 1. The number of carbonyl (C=O) groups excluding carboxylic acids is 1. The lowest BCUT2D eigenvalue weighted by Gasteiger charge is -2.34. The van der Waals surface area contributed by atoms with Gasteiger partial charge in [-0.15, -0.1) is 0 Å². The molecule has 25 heavy (non-hydrogen) atoms. The number of nitrogens with zero attached hydrogens (tertiary/aromatic N) is 2. The first-order valence-corrected chi connectivity index (χ1v) is 8.93. The molecule has 6 heteroatoms. The smallest absolute Gasteiger partial charge is 0.409 e. The van der Waals surface area contributed by atoms with Gasteiger partial charge in [0.2, 0.25) is 0 Å². The van der Waals surface area contributed by atoms with E-state index in [0.29, 0.717) is 26.2 Å². The van der Waals surface area contributed by atoms with Crippen molar-refractivity contribution in [2.75, 3.05) is 45.9 Å². The van der Waals surface area contributed by atoms with E-state index < -0.39 is 6.10 Å². The molecule has 1 amide bonds. The Bertz CT molecular complexity index is 583. The Kier molecular flexibility index (Phi) is 7.08. The van der Waals surface area contributed by atoms with Crippen molar-refractivity contribution in [2.24, 2.45) is 0 Å². The lowest BCUT2D eigenvalue weighted by atomic mass is 10.1. The van der Waals surface area contributed by atoms with Crippen molar-refractivity contribution < 1.29 is 19.4 Å². The third-order valence-electron chi connectivity index (χ3n) is 4.56. The molecule has 1 heterocycles. The molecule has 0 bridgehead atoms. The van der Waals surface area contributed by atoms with E-state index in [1.165, 1.54) is 5.56 Å². The second kappa shape index (κ2) is 9.06. The Morgan fingerprint density at radius 2 is 1.88 bits per heavy atom. The minimum absolute atomic E-state index is 0.253. The minimum atomic E-state index is -0.561. The number of hydrogen-bond donors (Lipinski definition) is 1. The van der Waals surface area contributed by atoms with Crippen LogP contribution in [0.4, 0.5) is 4.79 Å². The molecule has 0 unspecified atom stereocenters. The van der Waals surface area contributed by atoms with Crippen molar-refractivity contribution in [2.45, 2.75) is 33.8 Å². The maximum atomic E-state index is 11.7. The van der Waals surface area contributed by atoms with Gasteiger partial charge in [-0.1, -0.05) is 6.07 Å². The zero-order valence-corrected chi connectivity index (χ0v) is 15.7. The average molecular weight is 350 g/mol. The van der Waals surface area contributed by atoms with Crippen LogP contribution in [0.25, 0.3) is 0 Å². The van der Waals surface area contributed by atoms with Gasteiger partial charge in [-0.05, 0) is 50.5 Å². The predicted octanol–water partition coefficient (Wildman–Crippen LogP) is 2.13. The lowest BCUT2D eigenvalue weighted by molar-refractivity contribution is 0.0406. The molecule has 0 aromatic heterocycles. The highest BCUT2D eigenvalue weighted by molar-refractivity contribution is 5.67. The van der Waals surface area contributed by atoms with Crippen LogP contribution >= 0.6 is 0 Å². The number of aryl methyl sites for hydroxylation is 2. The fraction of sp³-hybridized carbons (Fsp3) is 0.632. The van der Waals surface area contributed by atoms with Crippen LogP contribution in [0.15, 0.2) is 12.1 Å². The van der Waals surface area contributed by atoms with Gasteiger partial charge in [-0.25, -0.2) is 4.79 Å². The maximum Gasteiger partial charge on any atom is 0.409 e. The Labute approximate surface area is 150 Å². The summed E-state index contributed by atoms with van der Waals surface area (Å²) in [6.45, 7) is 11.9. The fourth-order valence-corrected chi connectivity index (χ4v) is 3.02. The van der Waals surface area contributed by atoms with Gasteiger partial charge in [0.15, 0.2) is 0 Å². The van der Waals surface area contributed by atoms with E-state index in [-0.39, 0.29) is 12.7 Å². The van der Waals surface area contributed by atoms with Gasteiger partial charge in [0.1, 0.15) is 18.5 Å². The molecule has 0 saturated carbocycles. The largest absolute Gasteiger partial charge is 0.491 e. The summed E-state index contributed by atoms with van der Waals surface area (Å²) in [5.74, 6) is 0.837. The van der Waals surface area contributed by atoms with Crippen molar-refractivity contribution >= 4 is 6.09 Å². The van der Waals surface area contributed by atoms with Crippen LogP contribution in [-0.4, -0.2) is 73.0 Å². The second-order valence-electron chi connectivity index (χ2n) is 6.66. The van der Waals surface area contributed by atoms with E-state index in [9.17, 15) is 9.90 Å². The molecule has 1 aliphatic heterocycles. The molecule has 6 nitrogen and oxygen atoms in total. The number of hydrogen-bond acceptors (Lipinski definition) is 5. The summed E-state index contributed by atoms with van der Waals surface area (Å²) in [5.41, 5.74) is 3.46. The van der Waals surface area contributed by atoms with Gasteiger partial charge < -0.3 is 19.5 Å². The topological polar surface area (TPSA) is 62.2 Å². The van der Waals surface area contributed by atoms with E-state index in [1.807, 2.05) is 26.8 Å². The molecule has 0 radical (unpaired) electrons. The monoisotopic (exact) mass is 350 g/mol. The van der Waals surface area contributed by atoms with Crippen LogP contribution in [0.1, 0.15) is 23.6 Å². The highest BCUT2D eigenvalue weighted by Crippen LogP contribution is 2.23.